The minimum atomic E-state index is -0.0965. The van der Waals surface area contributed by atoms with Crippen molar-refractivity contribution in [3.05, 3.63) is 63.0 Å². The first-order chi connectivity index (χ1) is 11.8. The van der Waals surface area contributed by atoms with Crippen LogP contribution in [-0.2, 0) is 0 Å². The number of nitrogens with zero attached hydrogens (tertiary/aromatic N) is 2. The summed E-state index contributed by atoms with van der Waals surface area (Å²) in [5.41, 5.74) is 4.44. The van der Waals surface area contributed by atoms with Gasteiger partial charge in [-0.05, 0) is 94.4 Å². The number of aromatic nitrogens is 2. The average Bonchev–Trinajstić information content (AvgIpc) is 3.02. The summed E-state index contributed by atoms with van der Waals surface area (Å²) in [5, 5.41) is 10.3. The van der Waals surface area contributed by atoms with E-state index in [0.29, 0.717) is 15.1 Å². The lowest BCUT2D eigenvalue weighted by Crippen LogP contribution is -2.22. The summed E-state index contributed by atoms with van der Waals surface area (Å²) in [6.07, 6.45) is 1.75. The number of aromatic hydroxyl groups is 1. The third kappa shape index (κ3) is 2.85. The second-order valence-electron chi connectivity index (χ2n) is 5.92. The van der Waals surface area contributed by atoms with Crippen LogP contribution in [0.25, 0.3) is 22.1 Å². The minimum absolute atomic E-state index is 0.0965. The summed E-state index contributed by atoms with van der Waals surface area (Å²) in [5.74, 6) is 0.197. The number of aryl methyl sites for hydroxylation is 2. The molecule has 2 aromatic carbocycles. The lowest BCUT2D eigenvalue weighted by molar-refractivity contribution is 0.470. The van der Waals surface area contributed by atoms with Gasteiger partial charge in [0.1, 0.15) is 5.75 Å². The summed E-state index contributed by atoms with van der Waals surface area (Å²) >= 11 is 5.64. The van der Waals surface area contributed by atoms with E-state index >= 15 is 0 Å². The number of hydrogen-bond acceptors (Lipinski definition) is 4. The van der Waals surface area contributed by atoms with Crippen LogP contribution in [0.15, 0.2) is 29.1 Å². The van der Waals surface area contributed by atoms with Gasteiger partial charge in [-0.2, -0.15) is 0 Å². The molecule has 0 bridgehead atoms. The maximum absolute atomic E-state index is 12.9. The van der Waals surface area contributed by atoms with E-state index in [0.717, 1.165) is 29.3 Å². The maximum Gasteiger partial charge on any atom is 0.274 e. The summed E-state index contributed by atoms with van der Waals surface area (Å²) in [6.45, 7) is 4.03. The Bertz CT molecular complexity index is 1270. The smallest absolute Gasteiger partial charge is 0.274 e. The Morgan fingerprint density at radius 2 is 1.96 bits per heavy atom. The molecule has 2 aromatic heterocycles. The Morgan fingerprint density at radius 1 is 1.20 bits per heavy atom. The highest BCUT2D eigenvalue weighted by Gasteiger charge is 2.14. The van der Waals surface area contributed by atoms with Crippen LogP contribution in [0.4, 0.5) is 0 Å². The van der Waals surface area contributed by atoms with E-state index in [2.05, 4.69) is 56.2 Å². The molecule has 0 saturated heterocycles. The van der Waals surface area contributed by atoms with Gasteiger partial charge in [0.25, 0.3) is 5.56 Å². The first-order valence-corrected chi connectivity index (χ1v) is 10.4. The van der Waals surface area contributed by atoms with Gasteiger partial charge in [0.15, 0.2) is 4.96 Å². The highest BCUT2D eigenvalue weighted by atomic mass is 127. The number of imidazole rings is 1. The molecule has 0 saturated carbocycles. The molecule has 126 valence electrons. The SMILES string of the molecule is Cc1cc(C)c2nc3s/c(=C\c4cc(I)cc(I)c4O)c(=O)n3c2c1. The van der Waals surface area contributed by atoms with Gasteiger partial charge in [0.05, 0.1) is 19.1 Å². The van der Waals surface area contributed by atoms with Crippen LogP contribution >= 0.6 is 56.5 Å². The number of halogens is 2. The van der Waals surface area contributed by atoms with Crippen LogP contribution in [0.3, 0.4) is 0 Å². The van der Waals surface area contributed by atoms with Crippen LogP contribution in [0.5, 0.6) is 5.75 Å². The standard InChI is InChI=1S/C18H12I2N2O2S/c1-8-3-9(2)15-13(4-8)22-17(24)14(25-18(22)21-15)6-10-5-11(19)7-12(20)16(10)23/h3-7,23H,1-2H3/b14-6-. The van der Waals surface area contributed by atoms with Crippen LogP contribution in [0, 0.1) is 21.0 Å². The lowest BCUT2D eigenvalue weighted by atomic mass is 10.1. The highest BCUT2D eigenvalue weighted by molar-refractivity contribution is 14.1. The molecule has 0 unspecified atom stereocenters. The lowest BCUT2D eigenvalue weighted by Gasteiger charge is -2.02. The number of fused-ring (bicyclic) bond motifs is 3. The highest BCUT2D eigenvalue weighted by Crippen LogP contribution is 2.27. The van der Waals surface area contributed by atoms with E-state index < -0.39 is 0 Å². The monoisotopic (exact) mass is 574 g/mol. The summed E-state index contributed by atoms with van der Waals surface area (Å²) in [7, 11) is 0. The van der Waals surface area contributed by atoms with Gasteiger partial charge in [0.2, 0.25) is 0 Å². The van der Waals surface area contributed by atoms with Crippen LogP contribution in [0.2, 0.25) is 0 Å². The quantitative estimate of drug-likeness (QED) is 0.350. The molecule has 0 radical (unpaired) electrons. The molecular formula is C18H12I2N2O2S. The van der Waals surface area contributed by atoms with E-state index in [-0.39, 0.29) is 11.3 Å². The number of rotatable bonds is 1. The fraction of sp³-hybridized carbons (Fsp3) is 0.111. The average molecular weight is 574 g/mol. The summed E-state index contributed by atoms with van der Waals surface area (Å²) in [6, 6.07) is 7.83. The number of hydrogen-bond donors (Lipinski definition) is 1. The molecular weight excluding hydrogens is 562 g/mol. The van der Waals surface area contributed by atoms with Crippen molar-refractivity contribution >= 4 is 78.6 Å². The Labute approximate surface area is 174 Å². The third-order valence-corrected chi connectivity index (χ3v) is 6.44. The molecule has 25 heavy (non-hydrogen) atoms. The normalized spacial score (nSPS) is 12.6. The summed E-state index contributed by atoms with van der Waals surface area (Å²) < 4.78 is 4.01. The number of thiazole rings is 1. The third-order valence-electron chi connectivity index (χ3n) is 4.02. The molecule has 0 spiro atoms. The van der Waals surface area contributed by atoms with Gasteiger partial charge >= 0.3 is 0 Å². The Kier molecular flexibility index (Phi) is 4.27. The van der Waals surface area contributed by atoms with Crippen molar-refractivity contribution in [2.75, 3.05) is 0 Å². The van der Waals surface area contributed by atoms with Crippen molar-refractivity contribution in [1.29, 1.82) is 0 Å². The molecule has 0 atom stereocenters. The molecule has 4 rings (SSSR count). The van der Waals surface area contributed by atoms with Crippen molar-refractivity contribution in [2.45, 2.75) is 13.8 Å². The molecule has 0 aliphatic heterocycles. The first kappa shape index (κ1) is 17.2. The molecule has 4 aromatic rings. The Hall–Kier alpha value is -1.20. The molecule has 0 aliphatic rings. The molecule has 0 aliphatic carbocycles. The van der Waals surface area contributed by atoms with Crippen LogP contribution in [-0.4, -0.2) is 14.5 Å². The maximum atomic E-state index is 12.9. The van der Waals surface area contributed by atoms with Crippen molar-refractivity contribution in [3.63, 3.8) is 0 Å². The second-order valence-corrected chi connectivity index (χ2v) is 9.34. The second kappa shape index (κ2) is 6.20. The number of benzene rings is 2. The molecule has 4 nitrogen and oxygen atoms in total. The largest absolute Gasteiger partial charge is 0.506 e. The van der Waals surface area contributed by atoms with E-state index in [9.17, 15) is 9.90 Å². The Morgan fingerprint density at radius 3 is 2.72 bits per heavy atom. The van der Waals surface area contributed by atoms with Gasteiger partial charge in [-0.3, -0.25) is 4.79 Å². The Balaban J connectivity index is 2.05. The molecule has 0 fully saturated rings. The zero-order valence-electron chi connectivity index (χ0n) is 13.3. The van der Waals surface area contributed by atoms with E-state index in [1.165, 1.54) is 11.3 Å². The fourth-order valence-electron chi connectivity index (χ4n) is 2.95. The van der Waals surface area contributed by atoms with Crippen LogP contribution < -0.4 is 10.1 Å². The van der Waals surface area contributed by atoms with Crippen molar-refractivity contribution in [3.8, 4) is 5.75 Å². The number of phenols is 1. The van der Waals surface area contributed by atoms with Gasteiger partial charge in [0, 0.05) is 9.13 Å². The topological polar surface area (TPSA) is 54.6 Å². The molecule has 0 amide bonds. The molecule has 7 heteroatoms. The first-order valence-electron chi connectivity index (χ1n) is 7.47. The minimum Gasteiger partial charge on any atom is -0.506 e. The predicted molar refractivity (Wildman–Crippen MR) is 119 cm³/mol. The predicted octanol–water partition coefficient (Wildman–Crippen LogP) is 3.99. The van der Waals surface area contributed by atoms with Gasteiger partial charge in [-0.25, -0.2) is 9.38 Å². The van der Waals surface area contributed by atoms with Crippen LogP contribution in [0.1, 0.15) is 16.7 Å². The van der Waals surface area contributed by atoms with E-state index in [4.69, 9.17) is 0 Å². The fourth-order valence-corrected chi connectivity index (χ4v) is 5.81. The van der Waals surface area contributed by atoms with Crippen molar-refractivity contribution in [2.24, 2.45) is 0 Å². The molecule has 1 N–H and O–H groups in total. The van der Waals surface area contributed by atoms with Crippen molar-refractivity contribution < 1.29 is 5.11 Å². The number of phenolic OH excluding ortho intramolecular Hbond substituents is 1. The zero-order chi connectivity index (χ0) is 17.9. The zero-order valence-corrected chi connectivity index (χ0v) is 18.4. The van der Waals surface area contributed by atoms with E-state index in [1.807, 2.05) is 32.0 Å². The van der Waals surface area contributed by atoms with Gasteiger partial charge < -0.3 is 5.11 Å². The summed E-state index contributed by atoms with van der Waals surface area (Å²) in [4.78, 5) is 18.2. The van der Waals surface area contributed by atoms with Crippen molar-refractivity contribution in [1.82, 2.24) is 9.38 Å². The van der Waals surface area contributed by atoms with E-state index in [1.54, 1.807) is 10.5 Å². The van der Waals surface area contributed by atoms with Gasteiger partial charge in [-0.1, -0.05) is 17.4 Å². The van der Waals surface area contributed by atoms with Gasteiger partial charge in [-0.15, -0.1) is 0 Å². The molecule has 2 heterocycles.